The molecule has 2 heterocycles. The van der Waals surface area contributed by atoms with Crippen molar-refractivity contribution in [3.63, 3.8) is 0 Å². The quantitative estimate of drug-likeness (QED) is 0.906. The number of nitrogens with one attached hydrogen (secondary N) is 1. The van der Waals surface area contributed by atoms with Crippen LogP contribution in [0.15, 0.2) is 46.9 Å². The van der Waals surface area contributed by atoms with Gasteiger partial charge in [-0.2, -0.15) is 0 Å². The average Bonchev–Trinajstić information content (AvgIpc) is 3.07. The summed E-state index contributed by atoms with van der Waals surface area (Å²) in [5, 5.41) is 12.3. The highest BCUT2D eigenvalue weighted by Crippen LogP contribution is 2.24. The number of nitrogens with zero attached hydrogens (tertiary/aromatic N) is 1. The number of furan rings is 1. The summed E-state index contributed by atoms with van der Waals surface area (Å²) in [5.74, 6) is -1.74. The van der Waals surface area contributed by atoms with Crippen LogP contribution in [0.5, 0.6) is 0 Å². The van der Waals surface area contributed by atoms with E-state index in [0.29, 0.717) is 0 Å². The van der Waals surface area contributed by atoms with Crippen LogP contribution in [0.25, 0.3) is 0 Å². The molecule has 0 saturated carbocycles. The van der Waals surface area contributed by atoms with Crippen LogP contribution in [-0.2, 0) is 0 Å². The first-order chi connectivity index (χ1) is 11.2. The van der Waals surface area contributed by atoms with Crippen LogP contribution in [0.4, 0.5) is 5.69 Å². The van der Waals surface area contributed by atoms with Gasteiger partial charge in [-0.25, -0.2) is 4.79 Å². The monoisotopic (exact) mass is 314 g/mol. The van der Waals surface area contributed by atoms with Gasteiger partial charge in [0.25, 0.3) is 5.91 Å². The molecule has 1 amide bonds. The molecule has 23 heavy (non-hydrogen) atoms. The highest BCUT2D eigenvalue weighted by Gasteiger charge is 2.29. The SMILES string of the molecule is O=C(O)c1ccc(C(=O)N(c2ccccc2)C2CCCCN2)o1. The van der Waals surface area contributed by atoms with Crippen molar-refractivity contribution in [1.29, 1.82) is 0 Å². The van der Waals surface area contributed by atoms with Crippen molar-refractivity contribution in [1.82, 2.24) is 5.32 Å². The third-order valence-corrected chi connectivity index (χ3v) is 3.88. The van der Waals surface area contributed by atoms with Crippen LogP contribution >= 0.6 is 0 Å². The lowest BCUT2D eigenvalue weighted by Crippen LogP contribution is -2.51. The van der Waals surface area contributed by atoms with Gasteiger partial charge in [0.1, 0.15) is 0 Å². The molecule has 1 aromatic carbocycles. The number of rotatable bonds is 4. The maximum absolute atomic E-state index is 12.9. The molecular formula is C17H18N2O4. The summed E-state index contributed by atoms with van der Waals surface area (Å²) in [7, 11) is 0. The second-order valence-electron chi connectivity index (χ2n) is 5.45. The number of carbonyl (C=O) groups is 2. The van der Waals surface area contributed by atoms with E-state index in [2.05, 4.69) is 5.32 Å². The first-order valence-corrected chi connectivity index (χ1v) is 7.62. The fraction of sp³-hybridized carbons (Fsp3) is 0.294. The number of hydrogen-bond donors (Lipinski definition) is 2. The van der Waals surface area contributed by atoms with Gasteiger partial charge in [-0.3, -0.25) is 15.0 Å². The van der Waals surface area contributed by atoms with Gasteiger partial charge in [0, 0.05) is 5.69 Å². The molecule has 1 fully saturated rings. The Kier molecular flexibility index (Phi) is 4.43. The van der Waals surface area contributed by atoms with E-state index < -0.39 is 5.97 Å². The summed E-state index contributed by atoms with van der Waals surface area (Å²) >= 11 is 0. The van der Waals surface area contributed by atoms with Gasteiger partial charge in [-0.15, -0.1) is 0 Å². The molecule has 1 aromatic heterocycles. The zero-order valence-corrected chi connectivity index (χ0v) is 12.6. The van der Waals surface area contributed by atoms with Crippen molar-refractivity contribution >= 4 is 17.6 Å². The van der Waals surface area contributed by atoms with E-state index in [1.54, 1.807) is 4.90 Å². The van der Waals surface area contributed by atoms with Gasteiger partial charge < -0.3 is 9.52 Å². The van der Waals surface area contributed by atoms with Crippen molar-refractivity contribution in [3.8, 4) is 0 Å². The fourth-order valence-electron chi connectivity index (χ4n) is 2.77. The first-order valence-electron chi connectivity index (χ1n) is 7.62. The second-order valence-corrected chi connectivity index (χ2v) is 5.45. The van der Waals surface area contributed by atoms with Gasteiger partial charge in [-0.1, -0.05) is 18.2 Å². The zero-order valence-electron chi connectivity index (χ0n) is 12.6. The van der Waals surface area contributed by atoms with Crippen LogP contribution in [0.2, 0.25) is 0 Å². The smallest absolute Gasteiger partial charge is 0.371 e. The highest BCUT2D eigenvalue weighted by atomic mass is 16.4. The Balaban J connectivity index is 1.93. The molecule has 1 saturated heterocycles. The third kappa shape index (κ3) is 3.27. The number of carboxylic acids is 1. The van der Waals surface area contributed by atoms with E-state index in [1.165, 1.54) is 12.1 Å². The van der Waals surface area contributed by atoms with Gasteiger partial charge in [0.15, 0.2) is 5.76 Å². The molecule has 6 heteroatoms. The molecule has 0 radical (unpaired) electrons. The van der Waals surface area contributed by atoms with E-state index >= 15 is 0 Å². The summed E-state index contributed by atoms with van der Waals surface area (Å²) in [4.78, 5) is 25.5. The number of carboxylic acid groups (broad SMARTS) is 1. The lowest BCUT2D eigenvalue weighted by molar-refractivity contribution is 0.0659. The van der Waals surface area contributed by atoms with Crippen molar-refractivity contribution in [3.05, 3.63) is 54.0 Å². The van der Waals surface area contributed by atoms with E-state index in [9.17, 15) is 9.59 Å². The highest BCUT2D eigenvalue weighted by molar-refractivity contribution is 6.05. The molecule has 6 nitrogen and oxygen atoms in total. The summed E-state index contributed by atoms with van der Waals surface area (Å²) < 4.78 is 5.18. The van der Waals surface area contributed by atoms with Crippen molar-refractivity contribution < 1.29 is 19.1 Å². The minimum absolute atomic E-state index is 0.0265. The number of amides is 1. The minimum atomic E-state index is -1.19. The number of anilines is 1. The molecule has 1 aliphatic heterocycles. The minimum Gasteiger partial charge on any atom is -0.475 e. The Morgan fingerprint density at radius 3 is 2.43 bits per heavy atom. The maximum Gasteiger partial charge on any atom is 0.371 e. The lowest BCUT2D eigenvalue weighted by Gasteiger charge is -2.34. The average molecular weight is 314 g/mol. The summed E-state index contributed by atoms with van der Waals surface area (Å²) in [6.45, 7) is 0.847. The molecule has 0 aliphatic carbocycles. The third-order valence-electron chi connectivity index (χ3n) is 3.88. The van der Waals surface area contributed by atoms with Gasteiger partial charge in [0.2, 0.25) is 5.76 Å². The van der Waals surface area contributed by atoms with E-state index in [-0.39, 0.29) is 23.6 Å². The van der Waals surface area contributed by atoms with Crippen molar-refractivity contribution in [2.24, 2.45) is 0 Å². The Morgan fingerprint density at radius 1 is 1.09 bits per heavy atom. The molecule has 3 rings (SSSR count). The summed E-state index contributed by atoms with van der Waals surface area (Å²) in [5.41, 5.74) is 0.755. The molecule has 1 unspecified atom stereocenters. The molecular weight excluding hydrogens is 296 g/mol. The Morgan fingerprint density at radius 2 is 1.83 bits per heavy atom. The van der Waals surface area contributed by atoms with E-state index in [0.717, 1.165) is 31.5 Å². The van der Waals surface area contributed by atoms with Gasteiger partial charge >= 0.3 is 5.97 Å². The molecule has 1 atom stereocenters. The normalized spacial score (nSPS) is 17.7. The van der Waals surface area contributed by atoms with E-state index in [4.69, 9.17) is 9.52 Å². The van der Waals surface area contributed by atoms with Crippen LogP contribution in [-0.4, -0.2) is 29.7 Å². The number of para-hydroxylation sites is 1. The molecule has 2 N–H and O–H groups in total. The van der Waals surface area contributed by atoms with Gasteiger partial charge in [0.05, 0.1) is 6.17 Å². The Labute approximate surface area is 133 Å². The summed E-state index contributed by atoms with van der Waals surface area (Å²) in [6.07, 6.45) is 2.83. The number of piperidine rings is 1. The van der Waals surface area contributed by atoms with E-state index in [1.807, 2.05) is 30.3 Å². The van der Waals surface area contributed by atoms with Crippen molar-refractivity contribution in [2.45, 2.75) is 25.4 Å². The first kappa shape index (κ1) is 15.3. The number of aromatic carboxylic acids is 1. The predicted molar refractivity (Wildman–Crippen MR) is 84.6 cm³/mol. The molecule has 1 aliphatic rings. The number of benzene rings is 1. The van der Waals surface area contributed by atoms with Crippen LogP contribution < -0.4 is 10.2 Å². The molecule has 120 valence electrons. The van der Waals surface area contributed by atoms with Crippen molar-refractivity contribution in [2.75, 3.05) is 11.4 Å². The van der Waals surface area contributed by atoms with Gasteiger partial charge in [-0.05, 0) is 50.1 Å². The maximum atomic E-state index is 12.9. The number of hydrogen-bond acceptors (Lipinski definition) is 4. The fourth-order valence-corrected chi connectivity index (χ4v) is 2.77. The Bertz CT molecular complexity index is 690. The standard InChI is InChI=1S/C17H18N2O4/c20-16(13-9-10-14(23-13)17(21)22)19(12-6-2-1-3-7-12)15-8-4-5-11-18-15/h1-3,6-7,9-10,15,18H,4-5,8,11H2,(H,21,22). The topological polar surface area (TPSA) is 82.8 Å². The second kappa shape index (κ2) is 6.66. The zero-order chi connectivity index (χ0) is 16.2. The van der Waals surface area contributed by atoms with Crippen LogP contribution in [0.3, 0.4) is 0 Å². The Hall–Kier alpha value is -2.60. The lowest BCUT2D eigenvalue weighted by atomic mass is 10.1. The van der Waals surface area contributed by atoms with Crippen LogP contribution in [0.1, 0.15) is 40.4 Å². The largest absolute Gasteiger partial charge is 0.475 e. The molecule has 2 aromatic rings. The molecule has 0 spiro atoms. The molecule has 0 bridgehead atoms. The van der Waals surface area contributed by atoms with Crippen LogP contribution in [0, 0.1) is 0 Å². The number of carbonyl (C=O) groups excluding carboxylic acids is 1. The summed E-state index contributed by atoms with van der Waals surface area (Å²) in [6, 6.07) is 12.0. The predicted octanol–water partition coefficient (Wildman–Crippen LogP) is 2.72.